The Labute approximate surface area is 168 Å². The first-order chi connectivity index (χ1) is 13.6. The van der Waals surface area contributed by atoms with Crippen molar-refractivity contribution < 1.29 is 8.78 Å². The molecular formula is C24H15F2NS. The van der Waals surface area contributed by atoms with Gasteiger partial charge in [-0.3, -0.25) is 0 Å². The summed E-state index contributed by atoms with van der Waals surface area (Å²) in [6.45, 7) is 1.97. The summed E-state index contributed by atoms with van der Waals surface area (Å²) in [6.07, 6.45) is 4.01. The highest BCUT2D eigenvalue weighted by molar-refractivity contribution is 7.78. The van der Waals surface area contributed by atoms with E-state index in [4.69, 9.17) is 0 Å². The van der Waals surface area contributed by atoms with Crippen LogP contribution in [0.5, 0.6) is 0 Å². The lowest BCUT2D eigenvalue weighted by atomic mass is 10.0. The molecule has 1 nitrogen and oxygen atoms in total. The van der Waals surface area contributed by atoms with Crippen LogP contribution in [0, 0.1) is 23.5 Å². The van der Waals surface area contributed by atoms with Gasteiger partial charge in [-0.1, -0.05) is 48.3 Å². The molecule has 0 radical (unpaired) electrons. The SMILES string of the molecule is C/C=C/c1ccc(C#Cc2ccc(-c3cc(F)c(N=C=S)c(F)c3)cc2)cc1. The third-order valence-corrected chi connectivity index (χ3v) is 4.10. The molecule has 0 amide bonds. The van der Waals surface area contributed by atoms with Crippen molar-refractivity contribution in [2.45, 2.75) is 6.92 Å². The van der Waals surface area contributed by atoms with Crippen LogP contribution in [0.1, 0.15) is 23.6 Å². The summed E-state index contributed by atoms with van der Waals surface area (Å²) in [6, 6.07) is 17.6. The molecule has 0 saturated heterocycles. The highest BCUT2D eigenvalue weighted by atomic mass is 32.1. The van der Waals surface area contributed by atoms with E-state index >= 15 is 0 Å². The minimum Gasteiger partial charge on any atom is -0.204 e. The predicted molar refractivity (Wildman–Crippen MR) is 114 cm³/mol. The van der Waals surface area contributed by atoms with Crippen molar-refractivity contribution >= 4 is 29.1 Å². The highest BCUT2D eigenvalue weighted by Crippen LogP contribution is 2.29. The lowest BCUT2D eigenvalue weighted by Crippen LogP contribution is -1.87. The Morgan fingerprint density at radius 2 is 1.36 bits per heavy atom. The lowest BCUT2D eigenvalue weighted by molar-refractivity contribution is 0.588. The van der Waals surface area contributed by atoms with E-state index in [1.807, 2.05) is 60.6 Å². The van der Waals surface area contributed by atoms with Gasteiger partial charge < -0.3 is 0 Å². The molecule has 28 heavy (non-hydrogen) atoms. The maximum Gasteiger partial charge on any atom is 0.153 e. The van der Waals surface area contributed by atoms with E-state index < -0.39 is 17.3 Å². The van der Waals surface area contributed by atoms with Crippen LogP contribution in [0.2, 0.25) is 0 Å². The number of hydrogen-bond acceptors (Lipinski definition) is 2. The largest absolute Gasteiger partial charge is 0.204 e. The van der Waals surface area contributed by atoms with E-state index in [0.717, 1.165) is 16.7 Å². The number of rotatable bonds is 3. The van der Waals surface area contributed by atoms with Gasteiger partial charge in [0, 0.05) is 11.1 Å². The topological polar surface area (TPSA) is 12.4 Å². The maximum absolute atomic E-state index is 14.0. The van der Waals surface area contributed by atoms with E-state index in [1.165, 1.54) is 12.1 Å². The van der Waals surface area contributed by atoms with Crippen LogP contribution < -0.4 is 0 Å². The molecule has 3 aromatic carbocycles. The minimum atomic E-state index is -0.780. The van der Waals surface area contributed by atoms with Crippen LogP contribution in [0.3, 0.4) is 0 Å². The molecular weight excluding hydrogens is 372 g/mol. The van der Waals surface area contributed by atoms with Crippen molar-refractivity contribution in [1.29, 1.82) is 0 Å². The molecule has 0 spiro atoms. The molecule has 3 aromatic rings. The quantitative estimate of drug-likeness (QED) is 0.273. The third-order valence-electron chi connectivity index (χ3n) is 4.01. The van der Waals surface area contributed by atoms with Crippen LogP contribution in [0.25, 0.3) is 17.2 Å². The number of benzene rings is 3. The predicted octanol–water partition coefficient (Wildman–Crippen LogP) is 6.80. The standard InChI is InChI=1S/C24H15F2NS/c1-2-3-17-4-6-18(7-5-17)8-9-19-10-12-20(13-11-19)21-14-22(25)24(27-16-28)23(26)15-21/h2-7,10-15H,1H3/b3-2+. The number of allylic oxidation sites excluding steroid dienone is 1. The van der Waals surface area contributed by atoms with Crippen LogP contribution in [-0.2, 0) is 0 Å². The number of isothiocyanates is 1. The molecule has 0 fully saturated rings. The highest BCUT2D eigenvalue weighted by Gasteiger charge is 2.11. The molecule has 0 aliphatic heterocycles. The second-order valence-electron chi connectivity index (χ2n) is 5.94. The van der Waals surface area contributed by atoms with Gasteiger partial charge in [0.15, 0.2) is 11.6 Å². The zero-order valence-corrected chi connectivity index (χ0v) is 15.9. The Kier molecular flexibility index (Phi) is 6.24. The smallest absolute Gasteiger partial charge is 0.153 e. The van der Waals surface area contributed by atoms with Gasteiger partial charge in [0.1, 0.15) is 5.69 Å². The Balaban J connectivity index is 1.82. The summed E-state index contributed by atoms with van der Waals surface area (Å²) in [5.74, 6) is 4.63. The fraction of sp³-hybridized carbons (Fsp3) is 0.0417. The molecule has 136 valence electrons. The Hall–Kier alpha value is -3.38. The molecule has 3 rings (SSSR count). The van der Waals surface area contributed by atoms with Crippen LogP contribution in [0.4, 0.5) is 14.5 Å². The number of nitrogens with zero attached hydrogens (tertiary/aromatic N) is 1. The van der Waals surface area contributed by atoms with Crippen molar-refractivity contribution in [3.63, 3.8) is 0 Å². The first-order valence-corrected chi connectivity index (χ1v) is 8.93. The van der Waals surface area contributed by atoms with Gasteiger partial charge in [-0.2, -0.15) is 4.99 Å². The summed E-state index contributed by atoms with van der Waals surface area (Å²) >= 11 is 4.41. The van der Waals surface area contributed by atoms with Crippen molar-refractivity contribution in [2.75, 3.05) is 0 Å². The first kappa shape index (κ1) is 19.4. The van der Waals surface area contributed by atoms with Gasteiger partial charge in [-0.25, -0.2) is 8.78 Å². The van der Waals surface area contributed by atoms with Gasteiger partial charge in [0.2, 0.25) is 0 Å². The number of halogens is 2. The maximum atomic E-state index is 14.0. The zero-order valence-electron chi connectivity index (χ0n) is 15.0. The van der Waals surface area contributed by atoms with Crippen molar-refractivity contribution in [3.8, 4) is 23.0 Å². The molecule has 0 aliphatic carbocycles. The van der Waals surface area contributed by atoms with Crippen molar-refractivity contribution in [3.05, 3.63) is 95.1 Å². The van der Waals surface area contributed by atoms with Gasteiger partial charge >= 0.3 is 0 Å². The average molecular weight is 387 g/mol. The normalized spacial score (nSPS) is 10.2. The average Bonchev–Trinajstić information content (AvgIpc) is 2.71. The van der Waals surface area contributed by atoms with E-state index in [0.29, 0.717) is 11.1 Å². The van der Waals surface area contributed by atoms with Gasteiger partial charge in [0.05, 0.1) is 5.16 Å². The van der Waals surface area contributed by atoms with Gasteiger partial charge in [-0.05, 0) is 72.2 Å². The van der Waals surface area contributed by atoms with Gasteiger partial charge in [0.25, 0.3) is 0 Å². The van der Waals surface area contributed by atoms with E-state index in [1.54, 1.807) is 12.1 Å². The van der Waals surface area contributed by atoms with E-state index in [9.17, 15) is 8.78 Å². The minimum absolute atomic E-state index is 0.414. The second-order valence-corrected chi connectivity index (χ2v) is 6.12. The van der Waals surface area contributed by atoms with Crippen LogP contribution in [0.15, 0.2) is 71.7 Å². The monoisotopic (exact) mass is 387 g/mol. The molecule has 0 heterocycles. The molecule has 0 aliphatic rings. The Morgan fingerprint density at radius 1 is 0.821 bits per heavy atom. The van der Waals surface area contributed by atoms with Crippen molar-refractivity contribution in [1.82, 2.24) is 0 Å². The van der Waals surface area contributed by atoms with E-state index in [-0.39, 0.29) is 0 Å². The zero-order chi connectivity index (χ0) is 19.9. The van der Waals surface area contributed by atoms with Crippen molar-refractivity contribution in [2.24, 2.45) is 4.99 Å². The Morgan fingerprint density at radius 3 is 1.86 bits per heavy atom. The summed E-state index contributed by atoms with van der Waals surface area (Å²) in [4.78, 5) is 3.42. The van der Waals surface area contributed by atoms with E-state index in [2.05, 4.69) is 29.1 Å². The first-order valence-electron chi connectivity index (χ1n) is 8.53. The van der Waals surface area contributed by atoms with Crippen LogP contribution >= 0.6 is 12.2 Å². The molecule has 0 bridgehead atoms. The fourth-order valence-corrected chi connectivity index (χ4v) is 2.74. The number of thiocarbonyl (C=S) groups is 1. The Bertz CT molecular complexity index is 1100. The molecule has 0 unspecified atom stereocenters. The summed E-state index contributed by atoms with van der Waals surface area (Å²) in [5.41, 5.74) is 3.51. The summed E-state index contributed by atoms with van der Waals surface area (Å²) < 4.78 is 28.0. The molecule has 0 atom stereocenters. The second kappa shape index (κ2) is 9.01. The third kappa shape index (κ3) is 4.66. The van der Waals surface area contributed by atoms with Gasteiger partial charge in [-0.15, -0.1) is 0 Å². The fourth-order valence-electron chi connectivity index (χ4n) is 2.64. The summed E-state index contributed by atoms with van der Waals surface area (Å²) in [7, 11) is 0. The molecule has 0 aromatic heterocycles. The molecule has 4 heteroatoms. The summed E-state index contributed by atoms with van der Waals surface area (Å²) in [5, 5.41) is 1.98. The molecule has 0 saturated carbocycles. The van der Waals surface area contributed by atoms with Crippen LogP contribution in [-0.4, -0.2) is 5.16 Å². The lowest BCUT2D eigenvalue weighted by Gasteiger charge is -2.05. The molecule has 0 N–H and O–H groups in total. The number of aliphatic imine (C=N–C) groups is 1. The number of hydrogen-bond donors (Lipinski definition) is 0.